The van der Waals surface area contributed by atoms with Crippen molar-refractivity contribution in [1.29, 1.82) is 0 Å². The smallest absolute Gasteiger partial charge is 0.295 e. The number of benzene rings is 3. The summed E-state index contributed by atoms with van der Waals surface area (Å²) in [6.45, 7) is 5.88. The lowest BCUT2D eigenvalue weighted by atomic mass is 9.92. The van der Waals surface area contributed by atoms with E-state index in [2.05, 4.69) is 0 Å². The largest absolute Gasteiger partial charge is 0.507 e. The quantitative estimate of drug-likeness (QED) is 0.302. The maximum atomic E-state index is 13.4. The zero-order valence-electron chi connectivity index (χ0n) is 20.6. The molecule has 1 unspecified atom stereocenters. The molecule has 0 radical (unpaired) electrons. The molecule has 35 heavy (non-hydrogen) atoms. The van der Waals surface area contributed by atoms with Gasteiger partial charge in [-0.25, -0.2) is 0 Å². The standard InChI is InChI=1S/C29H29NO5/c1-17-7-6-8-21(13-17)26-25(27(31)23-14-19(3)24(35-5)15-18(23)2)28(32)29(33)30(26)16-20-9-11-22(34-4)12-10-20/h6-15,26,31H,16H2,1-5H3/b27-25+. The van der Waals surface area contributed by atoms with Crippen molar-refractivity contribution >= 4 is 17.4 Å². The van der Waals surface area contributed by atoms with Gasteiger partial charge in [0.05, 0.1) is 25.8 Å². The maximum absolute atomic E-state index is 13.4. The van der Waals surface area contributed by atoms with Gasteiger partial charge < -0.3 is 19.5 Å². The van der Waals surface area contributed by atoms with Crippen molar-refractivity contribution in [3.8, 4) is 11.5 Å². The molecular formula is C29H29NO5. The minimum Gasteiger partial charge on any atom is -0.507 e. The highest BCUT2D eigenvalue weighted by Gasteiger charge is 2.46. The van der Waals surface area contributed by atoms with Gasteiger partial charge in [0.2, 0.25) is 0 Å². The molecule has 1 amide bonds. The summed E-state index contributed by atoms with van der Waals surface area (Å²) in [6, 6.07) is 17.9. The normalized spacial score (nSPS) is 17.1. The van der Waals surface area contributed by atoms with Gasteiger partial charge in [0.15, 0.2) is 0 Å². The van der Waals surface area contributed by atoms with Gasteiger partial charge in [-0.15, -0.1) is 0 Å². The van der Waals surface area contributed by atoms with Crippen molar-refractivity contribution in [2.75, 3.05) is 14.2 Å². The molecule has 0 saturated carbocycles. The molecule has 0 spiro atoms. The maximum Gasteiger partial charge on any atom is 0.295 e. The van der Waals surface area contributed by atoms with Gasteiger partial charge in [0, 0.05) is 12.1 Å². The molecule has 1 aliphatic rings. The Bertz CT molecular complexity index is 1320. The van der Waals surface area contributed by atoms with Crippen LogP contribution in [0.5, 0.6) is 11.5 Å². The fourth-order valence-electron chi connectivity index (χ4n) is 4.57. The number of aliphatic hydroxyl groups excluding tert-OH is 1. The third-order valence-electron chi connectivity index (χ3n) is 6.41. The first-order valence-electron chi connectivity index (χ1n) is 11.4. The topological polar surface area (TPSA) is 76.1 Å². The third kappa shape index (κ3) is 4.52. The van der Waals surface area contributed by atoms with Crippen LogP contribution in [0, 0.1) is 20.8 Å². The zero-order valence-corrected chi connectivity index (χ0v) is 20.6. The Morgan fingerprint density at radius 2 is 1.63 bits per heavy atom. The van der Waals surface area contributed by atoms with Crippen molar-refractivity contribution in [3.05, 3.63) is 99.6 Å². The fourth-order valence-corrected chi connectivity index (χ4v) is 4.57. The molecule has 3 aromatic rings. The lowest BCUT2D eigenvalue weighted by molar-refractivity contribution is -0.140. The summed E-state index contributed by atoms with van der Waals surface area (Å²) in [5.74, 6) is -0.131. The van der Waals surface area contributed by atoms with Crippen LogP contribution in [0.15, 0.2) is 66.2 Å². The number of amides is 1. The van der Waals surface area contributed by atoms with E-state index >= 15 is 0 Å². The van der Waals surface area contributed by atoms with Crippen molar-refractivity contribution in [2.45, 2.75) is 33.4 Å². The van der Waals surface area contributed by atoms with E-state index in [9.17, 15) is 14.7 Å². The molecule has 6 heteroatoms. The van der Waals surface area contributed by atoms with Crippen LogP contribution in [0.4, 0.5) is 0 Å². The third-order valence-corrected chi connectivity index (χ3v) is 6.41. The molecule has 3 aromatic carbocycles. The van der Waals surface area contributed by atoms with Crippen LogP contribution < -0.4 is 9.47 Å². The SMILES string of the molecule is COc1ccc(CN2C(=O)C(=O)/C(=C(/O)c3cc(C)c(OC)cc3C)C2c2cccc(C)c2)cc1. The number of ketones is 1. The highest BCUT2D eigenvalue weighted by molar-refractivity contribution is 6.46. The number of hydrogen-bond donors (Lipinski definition) is 1. The first-order valence-corrected chi connectivity index (χ1v) is 11.4. The van der Waals surface area contributed by atoms with Crippen molar-refractivity contribution < 1.29 is 24.2 Å². The first-order chi connectivity index (χ1) is 16.7. The number of likely N-dealkylation sites (tertiary alicyclic amines) is 1. The second-order valence-corrected chi connectivity index (χ2v) is 8.83. The van der Waals surface area contributed by atoms with Crippen LogP contribution in [0.2, 0.25) is 0 Å². The van der Waals surface area contributed by atoms with E-state index in [1.165, 1.54) is 4.90 Å². The molecule has 1 fully saturated rings. The summed E-state index contributed by atoms with van der Waals surface area (Å²) in [4.78, 5) is 28.2. The molecule has 0 aliphatic carbocycles. The van der Waals surface area contributed by atoms with E-state index in [1.807, 2.05) is 75.4 Å². The lowest BCUT2D eigenvalue weighted by Gasteiger charge is -2.26. The van der Waals surface area contributed by atoms with E-state index in [4.69, 9.17) is 9.47 Å². The Labute approximate surface area is 205 Å². The number of rotatable bonds is 6. The first kappa shape index (κ1) is 24.1. The Morgan fingerprint density at radius 3 is 2.26 bits per heavy atom. The summed E-state index contributed by atoms with van der Waals surface area (Å²) in [7, 11) is 3.18. The zero-order chi connectivity index (χ0) is 25.3. The Morgan fingerprint density at radius 1 is 0.914 bits per heavy atom. The van der Waals surface area contributed by atoms with Gasteiger partial charge in [0.25, 0.3) is 11.7 Å². The highest BCUT2D eigenvalue weighted by Crippen LogP contribution is 2.41. The van der Waals surface area contributed by atoms with Gasteiger partial charge in [-0.1, -0.05) is 42.0 Å². The van der Waals surface area contributed by atoms with Gasteiger partial charge in [-0.05, 0) is 67.3 Å². The number of methoxy groups -OCH3 is 2. The van der Waals surface area contributed by atoms with E-state index < -0.39 is 17.7 Å². The Hall–Kier alpha value is -4.06. The number of ether oxygens (including phenoxy) is 2. The van der Waals surface area contributed by atoms with Crippen LogP contribution in [0.3, 0.4) is 0 Å². The molecule has 6 nitrogen and oxygen atoms in total. The van der Waals surface area contributed by atoms with Crippen LogP contribution in [0.25, 0.3) is 5.76 Å². The average molecular weight is 472 g/mol. The van der Waals surface area contributed by atoms with E-state index in [-0.39, 0.29) is 17.9 Å². The molecule has 1 saturated heterocycles. The predicted octanol–water partition coefficient (Wildman–Crippen LogP) is 5.25. The summed E-state index contributed by atoms with van der Waals surface area (Å²) in [5.41, 5.74) is 4.76. The summed E-state index contributed by atoms with van der Waals surface area (Å²) < 4.78 is 10.6. The van der Waals surface area contributed by atoms with Crippen molar-refractivity contribution in [2.24, 2.45) is 0 Å². The van der Waals surface area contributed by atoms with E-state index in [0.29, 0.717) is 17.1 Å². The molecule has 1 atom stereocenters. The highest BCUT2D eigenvalue weighted by atomic mass is 16.5. The molecule has 4 rings (SSSR count). The summed E-state index contributed by atoms with van der Waals surface area (Å²) >= 11 is 0. The lowest BCUT2D eigenvalue weighted by Crippen LogP contribution is -2.29. The van der Waals surface area contributed by atoms with Crippen molar-refractivity contribution in [3.63, 3.8) is 0 Å². The summed E-state index contributed by atoms with van der Waals surface area (Å²) in [5, 5.41) is 11.5. The van der Waals surface area contributed by atoms with Gasteiger partial charge in [0.1, 0.15) is 17.3 Å². The van der Waals surface area contributed by atoms with Crippen LogP contribution in [-0.4, -0.2) is 35.9 Å². The minimum atomic E-state index is -0.723. The van der Waals surface area contributed by atoms with Crippen molar-refractivity contribution in [1.82, 2.24) is 4.90 Å². The number of aliphatic hydroxyl groups is 1. The molecule has 180 valence electrons. The Kier molecular flexibility index (Phi) is 6.65. The molecular weight excluding hydrogens is 442 g/mol. The minimum absolute atomic E-state index is 0.0850. The summed E-state index contributed by atoms with van der Waals surface area (Å²) in [6.07, 6.45) is 0. The molecule has 1 aliphatic heterocycles. The number of carbonyl (C=O) groups is 2. The Balaban J connectivity index is 1.87. The molecule has 0 aromatic heterocycles. The number of nitrogens with zero attached hydrogens (tertiary/aromatic N) is 1. The van der Waals surface area contributed by atoms with Crippen LogP contribution in [-0.2, 0) is 16.1 Å². The average Bonchev–Trinajstić information content (AvgIpc) is 3.10. The van der Waals surface area contributed by atoms with Crippen LogP contribution in [0.1, 0.15) is 39.4 Å². The van der Waals surface area contributed by atoms with E-state index in [1.54, 1.807) is 20.3 Å². The van der Waals surface area contributed by atoms with E-state index in [0.717, 1.165) is 27.8 Å². The number of aryl methyl sites for hydroxylation is 3. The van der Waals surface area contributed by atoms with Gasteiger partial charge in [-0.3, -0.25) is 9.59 Å². The monoisotopic (exact) mass is 471 g/mol. The van der Waals surface area contributed by atoms with Crippen LogP contribution >= 0.6 is 0 Å². The second-order valence-electron chi connectivity index (χ2n) is 8.83. The molecule has 0 bridgehead atoms. The second kappa shape index (κ2) is 9.66. The number of Topliss-reactive ketones (excluding diaryl/α,β-unsaturated/α-hetero) is 1. The van der Waals surface area contributed by atoms with Gasteiger partial charge in [-0.2, -0.15) is 0 Å². The number of carbonyl (C=O) groups excluding carboxylic acids is 2. The molecule has 1 heterocycles. The fraction of sp³-hybridized carbons (Fsp3) is 0.241. The predicted molar refractivity (Wildman–Crippen MR) is 134 cm³/mol. The number of hydrogen-bond acceptors (Lipinski definition) is 5. The van der Waals surface area contributed by atoms with Gasteiger partial charge >= 0.3 is 0 Å². The molecule has 1 N–H and O–H groups in total.